The number of rotatable bonds is 1. The molecule has 0 fully saturated rings. The van der Waals surface area contributed by atoms with Crippen molar-refractivity contribution in [1.29, 1.82) is 0 Å². The molecule has 0 unspecified atom stereocenters. The van der Waals surface area contributed by atoms with Crippen LogP contribution in [-0.4, -0.2) is 0 Å². The van der Waals surface area contributed by atoms with E-state index in [-0.39, 0.29) is 0 Å². The van der Waals surface area contributed by atoms with Gasteiger partial charge in [0.05, 0.1) is 0 Å². The highest BCUT2D eigenvalue weighted by Gasteiger charge is 2.23. The summed E-state index contributed by atoms with van der Waals surface area (Å²) in [6.07, 6.45) is 8.87. The molecule has 2 aromatic carbocycles. The Labute approximate surface area is 123 Å². The predicted octanol–water partition coefficient (Wildman–Crippen LogP) is 5.14. The van der Waals surface area contributed by atoms with E-state index in [9.17, 15) is 0 Å². The van der Waals surface area contributed by atoms with Gasteiger partial charge in [0.25, 0.3) is 0 Å². The lowest BCUT2D eigenvalue weighted by atomic mass is 9.78. The molecule has 98 valence electrons. The molecular formula is C18H19Br. The van der Waals surface area contributed by atoms with Gasteiger partial charge in [0.15, 0.2) is 0 Å². The van der Waals surface area contributed by atoms with Gasteiger partial charge in [-0.2, -0.15) is 0 Å². The van der Waals surface area contributed by atoms with Crippen LogP contribution in [0.15, 0.2) is 16.6 Å². The van der Waals surface area contributed by atoms with E-state index < -0.39 is 0 Å². The quantitative estimate of drug-likeness (QED) is 0.683. The number of hydrogen-bond donors (Lipinski definition) is 0. The Morgan fingerprint density at radius 2 is 1.58 bits per heavy atom. The largest absolute Gasteiger partial charge is 0.0613 e. The maximum Gasteiger partial charge on any atom is 0.0216 e. The van der Waals surface area contributed by atoms with Crippen molar-refractivity contribution in [3.63, 3.8) is 0 Å². The summed E-state index contributed by atoms with van der Waals surface area (Å²) in [5, 5.41) is 3.25. The van der Waals surface area contributed by atoms with E-state index in [0.717, 1.165) is 0 Å². The molecule has 0 nitrogen and oxygen atoms in total. The van der Waals surface area contributed by atoms with Crippen molar-refractivity contribution in [3.05, 3.63) is 44.4 Å². The van der Waals surface area contributed by atoms with Crippen molar-refractivity contribution in [2.24, 2.45) is 0 Å². The molecule has 2 aliphatic rings. The summed E-state index contributed by atoms with van der Waals surface area (Å²) >= 11 is 3.83. The maximum absolute atomic E-state index is 3.83. The Bertz CT molecular complexity index is 682. The Kier molecular flexibility index (Phi) is 2.73. The highest BCUT2D eigenvalue weighted by molar-refractivity contribution is 9.10. The molecule has 0 saturated carbocycles. The fraction of sp³-hybridized carbons (Fsp3) is 0.444. The van der Waals surface area contributed by atoms with Gasteiger partial charge < -0.3 is 0 Å². The van der Waals surface area contributed by atoms with Crippen LogP contribution in [0.25, 0.3) is 10.8 Å². The molecule has 0 N–H and O–H groups in total. The van der Waals surface area contributed by atoms with E-state index >= 15 is 0 Å². The molecule has 19 heavy (non-hydrogen) atoms. The Hall–Kier alpha value is -0.820. The van der Waals surface area contributed by atoms with Crippen molar-refractivity contribution in [3.8, 4) is 0 Å². The normalized spacial score (nSPS) is 16.9. The van der Waals surface area contributed by atoms with Crippen LogP contribution in [0.4, 0.5) is 0 Å². The first kappa shape index (κ1) is 12.0. The highest BCUT2D eigenvalue weighted by atomic mass is 79.9. The molecule has 1 heteroatoms. The van der Waals surface area contributed by atoms with E-state index in [1.807, 2.05) is 0 Å². The van der Waals surface area contributed by atoms with Gasteiger partial charge in [0.2, 0.25) is 0 Å². The average molecular weight is 315 g/mol. The molecule has 0 heterocycles. The smallest absolute Gasteiger partial charge is 0.0216 e. The van der Waals surface area contributed by atoms with Crippen molar-refractivity contribution < 1.29 is 0 Å². The molecule has 0 spiro atoms. The lowest BCUT2D eigenvalue weighted by Gasteiger charge is -2.27. The number of hydrogen-bond acceptors (Lipinski definition) is 0. The standard InChI is InChI=1S/C18H19Br/c1-2-11-9-12-5-3-6-13-10-16(19)15-8-4-7-14(11)18(15)17(12)13/h9-10H,2-8H2,1H3. The molecule has 4 rings (SSSR count). The molecule has 0 radical (unpaired) electrons. The van der Waals surface area contributed by atoms with Crippen LogP contribution in [0.5, 0.6) is 0 Å². The summed E-state index contributed by atoms with van der Waals surface area (Å²) in [7, 11) is 0. The van der Waals surface area contributed by atoms with Crippen molar-refractivity contribution in [2.45, 2.75) is 51.9 Å². The minimum absolute atomic E-state index is 1.18. The first-order chi connectivity index (χ1) is 9.29. The van der Waals surface area contributed by atoms with Gasteiger partial charge in [-0.1, -0.05) is 28.9 Å². The summed E-state index contributed by atoms with van der Waals surface area (Å²) in [5.74, 6) is 0. The molecular weight excluding hydrogens is 296 g/mol. The van der Waals surface area contributed by atoms with Gasteiger partial charge in [0.1, 0.15) is 0 Å². The van der Waals surface area contributed by atoms with E-state index in [0.29, 0.717) is 0 Å². The summed E-state index contributed by atoms with van der Waals surface area (Å²) in [5.41, 5.74) is 8.05. The maximum atomic E-state index is 3.83. The molecule has 2 aliphatic carbocycles. The number of aryl methyl sites for hydroxylation is 5. The fourth-order valence-corrected chi connectivity index (χ4v) is 4.80. The highest BCUT2D eigenvalue weighted by Crippen LogP contribution is 2.42. The zero-order chi connectivity index (χ0) is 13.0. The molecule has 0 bridgehead atoms. The minimum Gasteiger partial charge on any atom is -0.0613 e. The third-order valence-corrected chi connectivity index (χ3v) is 5.66. The average Bonchev–Trinajstić information content (AvgIpc) is 2.45. The zero-order valence-electron chi connectivity index (χ0n) is 11.5. The van der Waals surface area contributed by atoms with Crippen LogP contribution in [0.2, 0.25) is 0 Å². The second-order valence-corrected chi connectivity index (χ2v) is 6.83. The molecule has 0 aromatic heterocycles. The molecule has 0 aliphatic heterocycles. The summed E-state index contributed by atoms with van der Waals surface area (Å²) < 4.78 is 1.36. The first-order valence-electron chi connectivity index (χ1n) is 7.57. The van der Waals surface area contributed by atoms with Crippen molar-refractivity contribution >= 4 is 26.7 Å². The summed E-state index contributed by atoms with van der Waals surface area (Å²) in [6, 6.07) is 4.92. The van der Waals surface area contributed by atoms with E-state index in [1.54, 1.807) is 38.6 Å². The summed E-state index contributed by atoms with van der Waals surface area (Å²) in [6.45, 7) is 2.31. The van der Waals surface area contributed by atoms with Crippen LogP contribution < -0.4 is 0 Å². The van der Waals surface area contributed by atoms with Crippen LogP contribution in [-0.2, 0) is 32.1 Å². The SMILES string of the molecule is CCc1cc2c3c(cc(Br)c4c3c1CCC4)CCC2. The van der Waals surface area contributed by atoms with Gasteiger partial charge in [-0.25, -0.2) is 0 Å². The Balaban J connectivity index is 2.22. The monoisotopic (exact) mass is 314 g/mol. The van der Waals surface area contributed by atoms with Crippen LogP contribution in [0.3, 0.4) is 0 Å². The second-order valence-electron chi connectivity index (χ2n) is 5.98. The van der Waals surface area contributed by atoms with Crippen LogP contribution in [0.1, 0.15) is 47.6 Å². The zero-order valence-corrected chi connectivity index (χ0v) is 13.1. The lowest BCUT2D eigenvalue weighted by molar-refractivity contribution is 0.775. The molecule has 2 aromatic rings. The third-order valence-electron chi connectivity index (χ3n) is 4.95. The van der Waals surface area contributed by atoms with Gasteiger partial charge >= 0.3 is 0 Å². The second kappa shape index (κ2) is 4.34. The molecule has 0 saturated heterocycles. The first-order valence-corrected chi connectivity index (χ1v) is 8.36. The van der Waals surface area contributed by atoms with Crippen LogP contribution >= 0.6 is 15.9 Å². The van der Waals surface area contributed by atoms with Gasteiger partial charge in [-0.05, 0) is 89.6 Å². The fourth-order valence-electron chi connectivity index (χ4n) is 4.12. The van der Waals surface area contributed by atoms with Gasteiger partial charge in [-0.3, -0.25) is 0 Å². The lowest BCUT2D eigenvalue weighted by Crippen LogP contribution is -2.11. The van der Waals surface area contributed by atoms with Gasteiger partial charge in [-0.15, -0.1) is 0 Å². The Morgan fingerprint density at radius 1 is 0.895 bits per heavy atom. The van der Waals surface area contributed by atoms with Crippen molar-refractivity contribution in [1.82, 2.24) is 0 Å². The topological polar surface area (TPSA) is 0 Å². The number of halogens is 1. The van der Waals surface area contributed by atoms with Gasteiger partial charge in [0, 0.05) is 4.47 Å². The summed E-state index contributed by atoms with van der Waals surface area (Å²) in [4.78, 5) is 0. The van der Waals surface area contributed by atoms with E-state index in [4.69, 9.17) is 0 Å². The molecule has 0 atom stereocenters. The molecule has 0 amide bonds. The predicted molar refractivity (Wildman–Crippen MR) is 85.1 cm³/mol. The third kappa shape index (κ3) is 1.64. The van der Waals surface area contributed by atoms with E-state index in [1.165, 1.54) is 49.4 Å². The number of benzene rings is 2. The van der Waals surface area contributed by atoms with Crippen molar-refractivity contribution in [2.75, 3.05) is 0 Å². The van der Waals surface area contributed by atoms with Crippen LogP contribution in [0, 0.1) is 0 Å². The Morgan fingerprint density at radius 3 is 2.37 bits per heavy atom. The van der Waals surface area contributed by atoms with E-state index in [2.05, 4.69) is 35.0 Å². The minimum atomic E-state index is 1.18.